The summed E-state index contributed by atoms with van der Waals surface area (Å²) in [7, 11) is 1.69. The molecule has 1 aliphatic heterocycles. The Morgan fingerprint density at radius 1 is 1.30 bits per heavy atom. The minimum Gasteiger partial charge on any atom is -0.496 e. The van der Waals surface area contributed by atoms with Gasteiger partial charge in [0.05, 0.1) is 7.11 Å². The lowest BCUT2D eigenvalue weighted by Gasteiger charge is -2.35. The highest BCUT2D eigenvalue weighted by Crippen LogP contribution is 2.22. The van der Waals surface area contributed by atoms with E-state index in [0.717, 1.165) is 55.9 Å². The third-order valence-electron chi connectivity index (χ3n) is 5.26. The summed E-state index contributed by atoms with van der Waals surface area (Å²) in [6.45, 7) is 3.75. The average molecular weight is 367 g/mol. The number of piperidine rings is 1. The maximum atomic E-state index is 13.0. The van der Waals surface area contributed by atoms with E-state index in [2.05, 4.69) is 23.3 Å². The molecule has 0 radical (unpaired) electrons. The number of nitrogens with one attached hydrogen (secondary N) is 1. The number of aromatic nitrogens is 1. The van der Waals surface area contributed by atoms with Gasteiger partial charge in [-0.1, -0.05) is 25.1 Å². The van der Waals surface area contributed by atoms with Gasteiger partial charge in [0.1, 0.15) is 11.6 Å². The van der Waals surface area contributed by atoms with Crippen LogP contribution in [0.4, 0.5) is 5.82 Å². The lowest BCUT2D eigenvalue weighted by molar-refractivity contribution is 0.0608. The van der Waals surface area contributed by atoms with Crippen LogP contribution in [0.3, 0.4) is 0 Å². The van der Waals surface area contributed by atoms with Gasteiger partial charge in [-0.15, -0.1) is 0 Å². The summed E-state index contributed by atoms with van der Waals surface area (Å²) in [5.74, 6) is 1.75. The minimum absolute atomic E-state index is 0.122. The number of pyridine rings is 1. The Morgan fingerprint density at radius 2 is 2.15 bits per heavy atom. The standard InChI is InChI=1S/C22H29N3O2/c1-3-19-9-6-7-15-25(19)22(26)18-12-14-24-21(16-18)23-13-11-17-8-4-5-10-20(17)27-2/h4-5,8,10,12,14,16,19H,3,6-7,9,11,13,15H2,1-2H3,(H,23,24). The highest BCUT2D eigenvalue weighted by molar-refractivity contribution is 5.95. The van der Waals surface area contributed by atoms with Gasteiger partial charge in [0.2, 0.25) is 0 Å². The number of para-hydroxylation sites is 1. The summed E-state index contributed by atoms with van der Waals surface area (Å²) in [5.41, 5.74) is 1.86. The van der Waals surface area contributed by atoms with Gasteiger partial charge in [0, 0.05) is 30.9 Å². The molecule has 3 rings (SSSR count). The second kappa shape index (κ2) is 9.40. The molecule has 0 saturated carbocycles. The molecule has 2 aromatic rings. The van der Waals surface area contributed by atoms with Gasteiger partial charge in [-0.05, 0) is 55.9 Å². The van der Waals surface area contributed by atoms with E-state index in [1.54, 1.807) is 13.3 Å². The lowest BCUT2D eigenvalue weighted by atomic mass is 9.99. The molecule has 1 atom stereocenters. The van der Waals surface area contributed by atoms with Crippen LogP contribution in [0.5, 0.6) is 5.75 Å². The third kappa shape index (κ3) is 4.79. The first kappa shape index (κ1) is 19.2. The number of nitrogens with zero attached hydrogens (tertiary/aromatic N) is 2. The number of hydrogen-bond acceptors (Lipinski definition) is 4. The van der Waals surface area contributed by atoms with Crippen molar-refractivity contribution in [1.82, 2.24) is 9.88 Å². The first-order chi connectivity index (χ1) is 13.2. The van der Waals surface area contributed by atoms with Crippen molar-refractivity contribution in [2.24, 2.45) is 0 Å². The normalized spacial score (nSPS) is 16.8. The lowest BCUT2D eigenvalue weighted by Crippen LogP contribution is -2.43. The predicted octanol–water partition coefficient (Wildman–Crippen LogP) is 4.15. The van der Waals surface area contributed by atoms with Gasteiger partial charge < -0.3 is 15.0 Å². The van der Waals surface area contributed by atoms with Crippen LogP contribution in [0.15, 0.2) is 42.6 Å². The Hall–Kier alpha value is -2.56. The summed E-state index contributed by atoms with van der Waals surface area (Å²) in [4.78, 5) is 19.4. The second-order valence-corrected chi connectivity index (χ2v) is 6.97. The van der Waals surface area contributed by atoms with Crippen molar-refractivity contribution >= 4 is 11.7 Å². The van der Waals surface area contributed by atoms with Crippen LogP contribution in [0.1, 0.15) is 48.5 Å². The summed E-state index contributed by atoms with van der Waals surface area (Å²) in [6.07, 6.45) is 6.97. The number of anilines is 1. The molecule has 1 fully saturated rings. The van der Waals surface area contributed by atoms with Crippen molar-refractivity contribution in [1.29, 1.82) is 0 Å². The van der Waals surface area contributed by atoms with Gasteiger partial charge in [0.15, 0.2) is 0 Å². The topological polar surface area (TPSA) is 54.5 Å². The van der Waals surface area contributed by atoms with Gasteiger partial charge in [0.25, 0.3) is 5.91 Å². The van der Waals surface area contributed by atoms with E-state index in [0.29, 0.717) is 11.6 Å². The summed E-state index contributed by atoms with van der Waals surface area (Å²) < 4.78 is 5.39. The van der Waals surface area contributed by atoms with E-state index in [-0.39, 0.29) is 5.91 Å². The van der Waals surface area contributed by atoms with E-state index in [1.807, 2.05) is 35.2 Å². The number of carbonyl (C=O) groups is 1. The molecule has 1 N–H and O–H groups in total. The van der Waals surface area contributed by atoms with Gasteiger partial charge in [-0.3, -0.25) is 4.79 Å². The molecular formula is C22H29N3O2. The molecule has 27 heavy (non-hydrogen) atoms. The molecule has 1 aromatic carbocycles. The van der Waals surface area contributed by atoms with Crippen molar-refractivity contribution in [3.63, 3.8) is 0 Å². The van der Waals surface area contributed by atoms with Crippen LogP contribution in [0.25, 0.3) is 0 Å². The molecule has 1 unspecified atom stereocenters. The van der Waals surface area contributed by atoms with Crippen LogP contribution in [0.2, 0.25) is 0 Å². The highest BCUT2D eigenvalue weighted by Gasteiger charge is 2.26. The molecule has 144 valence electrons. The van der Waals surface area contributed by atoms with Crippen LogP contribution >= 0.6 is 0 Å². The molecule has 1 saturated heterocycles. The number of methoxy groups -OCH3 is 1. The molecule has 5 heteroatoms. The van der Waals surface area contributed by atoms with E-state index in [9.17, 15) is 4.79 Å². The van der Waals surface area contributed by atoms with E-state index < -0.39 is 0 Å². The fourth-order valence-electron chi connectivity index (χ4n) is 3.75. The fourth-order valence-corrected chi connectivity index (χ4v) is 3.75. The first-order valence-electron chi connectivity index (χ1n) is 9.85. The number of ether oxygens (including phenoxy) is 1. The number of hydrogen-bond donors (Lipinski definition) is 1. The molecule has 1 amide bonds. The van der Waals surface area contributed by atoms with Crippen LogP contribution in [-0.4, -0.2) is 42.0 Å². The molecule has 1 aromatic heterocycles. The third-order valence-corrected chi connectivity index (χ3v) is 5.26. The summed E-state index contributed by atoms with van der Waals surface area (Å²) in [6, 6.07) is 12.1. The van der Waals surface area contributed by atoms with Gasteiger partial charge >= 0.3 is 0 Å². The molecule has 0 spiro atoms. The highest BCUT2D eigenvalue weighted by atomic mass is 16.5. The SMILES string of the molecule is CCC1CCCCN1C(=O)c1ccnc(NCCc2ccccc2OC)c1. The van der Waals surface area contributed by atoms with Crippen molar-refractivity contribution in [3.05, 3.63) is 53.7 Å². The van der Waals surface area contributed by atoms with Gasteiger partial charge in [-0.2, -0.15) is 0 Å². The quantitative estimate of drug-likeness (QED) is 0.799. The summed E-state index contributed by atoms with van der Waals surface area (Å²) >= 11 is 0. The van der Waals surface area contributed by atoms with Crippen molar-refractivity contribution < 1.29 is 9.53 Å². The molecular weight excluding hydrogens is 338 g/mol. The van der Waals surface area contributed by atoms with Gasteiger partial charge in [-0.25, -0.2) is 4.98 Å². The number of rotatable bonds is 7. The number of likely N-dealkylation sites (tertiary alicyclic amines) is 1. The molecule has 2 heterocycles. The Balaban J connectivity index is 1.62. The number of amides is 1. The molecule has 5 nitrogen and oxygen atoms in total. The van der Waals surface area contributed by atoms with Crippen LogP contribution in [-0.2, 0) is 6.42 Å². The van der Waals surface area contributed by atoms with Crippen molar-refractivity contribution in [2.75, 3.05) is 25.5 Å². The maximum absolute atomic E-state index is 13.0. The van der Waals surface area contributed by atoms with E-state index in [4.69, 9.17) is 4.74 Å². The Kier molecular flexibility index (Phi) is 6.69. The van der Waals surface area contributed by atoms with Crippen molar-refractivity contribution in [3.8, 4) is 5.75 Å². The molecule has 1 aliphatic rings. The average Bonchev–Trinajstić information content (AvgIpc) is 2.73. The van der Waals surface area contributed by atoms with E-state index in [1.165, 1.54) is 6.42 Å². The maximum Gasteiger partial charge on any atom is 0.254 e. The Morgan fingerprint density at radius 3 is 2.96 bits per heavy atom. The van der Waals surface area contributed by atoms with E-state index >= 15 is 0 Å². The zero-order valence-electron chi connectivity index (χ0n) is 16.3. The number of carbonyl (C=O) groups excluding carboxylic acids is 1. The Labute approximate surface area is 161 Å². The van der Waals surface area contributed by atoms with Crippen molar-refractivity contribution in [2.45, 2.75) is 45.1 Å². The predicted molar refractivity (Wildman–Crippen MR) is 108 cm³/mol. The molecule has 0 aliphatic carbocycles. The smallest absolute Gasteiger partial charge is 0.254 e. The largest absolute Gasteiger partial charge is 0.496 e. The zero-order valence-corrected chi connectivity index (χ0v) is 16.3. The molecule has 0 bridgehead atoms. The van der Waals surface area contributed by atoms with Crippen LogP contribution in [0, 0.1) is 0 Å². The Bertz CT molecular complexity index is 763. The van der Waals surface area contributed by atoms with Crippen LogP contribution < -0.4 is 10.1 Å². The summed E-state index contributed by atoms with van der Waals surface area (Å²) in [5, 5.41) is 3.33. The minimum atomic E-state index is 0.122. The second-order valence-electron chi connectivity index (χ2n) is 6.97. The fraction of sp³-hybridized carbons (Fsp3) is 0.455. The first-order valence-corrected chi connectivity index (χ1v) is 9.85. The zero-order chi connectivity index (χ0) is 19.1. The monoisotopic (exact) mass is 367 g/mol. The number of benzene rings is 1.